The number of pyridine rings is 1. The minimum absolute atomic E-state index is 0.238. The normalized spacial score (nSPS) is 34.6. The van der Waals surface area contributed by atoms with E-state index in [1.807, 2.05) is 12.1 Å². The Labute approximate surface area is 89.9 Å². The quantitative estimate of drug-likeness (QED) is 0.812. The van der Waals surface area contributed by atoms with Gasteiger partial charge in [-0.15, -0.1) is 0 Å². The van der Waals surface area contributed by atoms with E-state index in [0.29, 0.717) is 6.04 Å². The van der Waals surface area contributed by atoms with Gasteiger partial charge in [0.05, 0.1) is 6.20 Å². The van der Waals surface area contributed by atoms with Crippen molar-refractivity contribution in [3.05, 3.63) is 24.5 Å². The van der Waals surface area contributed by atoms with Crippen molar-refractivity contribution in [1.82, 2.24) is 10.3 Å². The van der Waals surface area contributed by atoms with Gasteiger partial charge in [-0.25, -0.2) is 0 Å². The maximum absolute atomic E-state index is 5.84. The largest absolute Gasteiger partial charge is 0.487 e. The summed E-state index contributed by atoms with van der Waals surface area (Å²) >= 11 is 0. The molecule has 0 spiro atoms. The molecule has 15 heavy (non-hydrogen) atoms. The number of nitrogens with one attached hydrogen (secondary N) is 1. The molecule has 4 unspecified atom stereocenters. The molecule has 1 aromatic heterocycles. The zero-order chi connectivity index (χ0) is 10.3. The van der Waals surface area contributed by atoms with Crippen molar-refractivity contribution >= 4 is 0 Å². The molecule has 3 rings (SSSR count). The number of hydrogen-bond donors (Lipinski definition) is 1. The van der Waals surface area contributed by atoms with Crippen molar-refractivity contribution in [3.8, 4) is 5.75 Å². The van der Waals surface area contributed by atoms with Crippen LogP contribution in [0, 0.1) is 5.92 Å². The lowest BCUT2D eigenvalue weighted by atomic mass is 10.1. The zero-order valence-corrected chi connectivity index (χ0v) is 8.89. The van der Waals surface area contributed by atoms with Crippen LogP contribution in [-0.2, 0) is 0 Å². The summed E-state index contributed by atoms with van der Waals surface area (Å²) < 4.78 is 5.84. The highest BCUT2D eigenvalue weighted by atomic mass is 16.5. The molecule has 1 saturated heterocycles. The first-order valence-electron chi connectivity index (χ1n) is 5.65. The van der Waals surface area contributed by atoms with Crippen LogP contribution in [0.25, 0.3) is 0 Å². The summed E-state index contributed by atoms with van der Waals surface area (Å²) in [4.78, 5) is 4.04. The number of aromatic nitrogens is 1. The average Bonchev–Trinajstić information content (AvgIpc) is 2.87. The fourth-order valence-electron chi connectivity index (χ4n) is 2.42. The summed E-state index contributed by atoms with van der Waals surface area (Å²) in [7, 11) is 0. The van der Waals surface area contributed by atoms with Gasteiger partial charge >= 0.3 is 0 Å². The lowest BCUT2D eigenvalue weighted by Crippen LogP contribution is -2.38. The first-order valence-corrected chi connectivity index (χ1v) is 5.65. The van der Waals surface area contributed by atoms with E-state index >= 15 is 0 Å². The molecular weight excluding hydrogens is 188 g/mol. The highest BCUT2D eigenvalue weighted by Gasteiger charge is 2.47. The van der Waals surface area contributed by atoms with Gasteiger partial charge in [-0.05, 0) is 37.8 Å². The number of hydrogen-bond acceptors (Lipinski definition) is 3. The van der Waals surface area contributed by atoms with Gasteiger partial charge in [-0.3, -0.25) is 4.98 Å². The van der Waals surface area contributed by atoms with Crippen molar-refractivity contribution < 1.29 is 4.74 Å². The van der Waals surface area contributed by atoms with Crippen LogP contribution in [0.15, 0.2) is 24.5 Å². The van der Waals surface area contributed by atoms with E-state index in [4.69, 9.17) is 4.74 Å². The summed E-state index contributed by atoms with van der Waals surface area (Å²) in [6.45, 7) is 2.13. The maximum atomic E-state index is 5.84. The third kappa shape index (κ3) is 1.84. The summed E-state index contributed by atoms with van der Waals surface area (Å²) in [6, 6.07) is 5.17. The number of nitrogens with zero attached hydrogens (tertiary/aromatic N) is 1. The molecule has 1 saturated carbocycles. The van der Waals surface area contributed by atoms with Crippen molar-refractivity contribution in [2.75, 3.05) is 0 Å². The fourth-order valence-corrected chi connectivity index (χ4v) is 2.42. The third-order valence-electron chi connectivity index (χ3n) is 3.43. The molecule has 0 aromatic carbocycles. The van der Waals surface area contributed by atoms with Gasteiger partial charge in [-0.2, -0.15) is 0 Å². The molecule has 2 heterocycles. The van der Waals surface area contributed by atoms with Crippen molar-refractivity contribution in [2.24, 2.45) is 5.92 Å². The van der Waals surface area contributed by atoms with E-state index < -0.39 is 0 Å². The first-order chi connectivity index (χ1) is 7.33. The molecule has 1 aliphatic heterocycles. The lowest BCUT2D eigenvalue weighted by Gasteiger charge is -2.22. The Morgan fingerprint density at radius 2 is 2.47 bits per heavy atom. The van der Waals surface area contributed by atoms with Crippen molar-refractivity contribution in [1.29, 1.82) is 0 Å². The van der Waals surface area contributed by atoms with Crippen LogP contribution in [0.5, 0.6) is 5.75 Å². The van der Waals surface area contributed by atoms with E-state index in [0.717, 1.165) is 17.7 Å². The molecule has 2 aliphatic rings. The minimum atomic E-state index is 0.238. The molecule has 80 valence electrons. The van der Waals surface area contributed by atoms with Gasteiger partial charge in [-0.1, -0.05) is 0 Å². The third-order valence-corrected chi connectivity index (χ3v) is 3.43. The number of rotatable bonds is 3. The van der Waals surface area contributed by atoms with Crippen LogP contribution in [0.2, 0.25) is 0 Å². The number of piperidine rings is 1. The van der Waals surface area contributed by atoms with Gasteiger partial charge in [0.2, 0.25) is 0 Å². The Morgan fingerprint density at radius 3 is 3.13 bits per heavy atom. The number of fused-ring (bicyclic) bond motifs is 1. The number of ether oxygens (including phenoxy) is 1. The minimum Gasteiger partial charge on any atom is -0.487 e. The first kappa shape index (κ1) is 9.16. The highest BCUT2D eigenvalue weighted by molar-refractivity contribution is 5.16. The summed E-state index contributed by atoms with van der Waals surface area (Å²) in [6.07, 6.45) is 6.41. The monoisotopic (exact) mass is 204 g/mol. The molecule has 0 bridgehead atoms. The van der Waals surface area contributed by atoms with E-state index in [1.54, 1.807) is 12.4 Å². The molecule has 3 nitrogen and oxygen atoms in total. The van der Waals surface area contributed by atoms with Crippen LogP contribution >= 0.6 is 0 Å². The van der Waals surface area contributed by atoms with E-state index in [9.17, 15) is 0 Å². The molecule has 4 atom stereocenters. The van der Waals surface area contributed by atoms with Crippen LogP contribution in [0.3, 0.4) is 0 Å². The Morgan fingerprint density at radius 1 is 1.53 bits per heavy atom. The van der Waals surface area contributed by atoms with Crippen LogP contribution in [0.1, 0.15) is 19.8 Å². The van der Waals surface area contributed by atoms with Gasteiger partial charge in [0.1, 0.15) is 11.9 Å². The van der Waals surface area contributed by atoms with Crippen LogP contribution < -0.4 is 10.1 Å². The SMILES string of the molecule is CC(Oc1cccnc1)C1CC2CC2N1. The Kier molecular flexibility index (Phi) is 2.13. The Balaban J connectivity index is 1.59. The van der Waals surface area contributed by atoms with Crippen molar-refractivity contribution in [3.63, 3.8) is 0 Å². The second-order valence-electron chi connectivity index (χ2n) is 4.62. The Bertz CT molecular complexity index is 331. The highest BCUT2D eigenvalue weighted by Crippen LogP contribution is 2.41. The zero-order valence-electron chi connectivity index (χ0n) is 8.89. The topological polar surface area (TPSA) is 34.1 Å². The van der Waals surface area contributed by atoms with Gasteiger partial charge in [0, 0.05) is 18.3 Å². The molecule has 0 radical (unpaired) electrons. The van der Waals surface area contributed by atoms with Crippen LogP contribution in [0.4, 0.5) is 0 Å². The van der Waals surface area contributed by atoms with Crippen LogP contribution in [-0.4, -0.2) is 23.2 Å². The molecule has 3 heteroatoms. The second kappa shape index (κ2) is 3.49. The molecule has 2 fully saturated rings. The van der Waals surface area contributed by atoms with Crippen molar-refractivity contribution in [2.45, 2.75) is 38.0 Å². The van der Waals surface area contributed by atoms with Gasteiger partial charge < -0.3 is 10.1 Å². The average molecular weight is 204 g/mol. The lowest BCUT2D eigenvalue weighted by molar-refractivity contribution is 0.172. The Hall–Kier alpha value is -1.09. The maximum Gasteiger partial charge on any atom is 0.138 e. The second-order valence-corrected chi connectivity index (χ2v) is 4.62. The van der Waals surface area contributed by atoms with Gasteiger partial charge in [0.15, 0.2) is 0 Å². The van der Waals surface area contributed by atoms with E-state index in [1.165, 1.54) is 12.8 Å². The van der Waals surface area contributed by atoms with E-state index in [2.05, 4.69) is 17.2 Å². The molecule has 1 aliphatic carbocycles. The van der Waals surface area contributed by atoms with E-state index in [-0.39, 0.29) is 6.10 Å². The molecular formula is C12H16N2O. The summed E-state index contributed by atoms with van der Waals surface area (Å²) in [5.41, 5.74) is 0. The molecule has 1 aromatic rings. The summed E-state index contributed by atoms with van der Waals surface area (Å²) in [5, 5.41) is 3.60. The molecule has 1 N–H and O–H groups in total. The standard InChI is InChI=1S/C12H16N2O/c1-8(11-5-9-6-12(9)14-11)15-10-3-2-4-13-7-10/h2-4,7-9,11-12,14H,5-6H2,1H3. The summed E-state index contributed by atoms with van der Waals surface area (Å²) in [5.74, 6) is 1.79. The van der Waals surface area contributed by atoms with Gasteiger partial charge in [0.25, 0.3) is 0 Å². The predicted molar refractivity (Wildman–Crippen MR) is 57.8 cm³/mol. The molecule has 0 amide bonds. The smallest absolute Gasteiger partial charge is 0.138 e. The predicted octanol–water partition coefficient (Wildman–Crippen LogP) is 1.60. The fraction of sp³-hybridized carbons (Fsp3) is 0.583.